The molecule has 0 amide bonds. The quantitative estimate of drug-likeness (QED) is 0.118. The lowest BCUT2D eigenvalue weighted by atomic mass is 9.83. The van der Waals surface area contributed by atoms with Crippen molar-refractivity contribution in [2.24, 2.45) is 0 Å². The highest BCUT2D eigenvalue weighted by Gasteiger charge is 2.30. The van der Waals surface area contributed by atoms with Gasteiger partial charge in [-0.2, -0.15) is 0 Å². The van der Waals surface area contributed by atoms with Crippen molar-refractivity contribution in [2.75, 3.05) is 0 Å². The van der Waals surface area contributed by atoms with E-state index in [1.807, 2.05) is 149 Å². The van der Waals surface area contributed by atoms with E-state index in [0.29, 0.717) is 78.4 Å². The summed E-state index contributed by atoms with van der Waals surface area (Å²) in [6.07, 6.45) is 5.74. The van der Waals surface area contributed by atoms with E-state index >= 15 is 0 Å². The maximum atomic E-state index is 9.49. The Balaban J connectivity index is 1.02. The van der Waals surface area contributed by atoms with Crippen molar-refractivity contribution in [1.82, 2.24) is 18.7 Å². The van der Waals surface area contributed by atoms with Crippen molar-refractivity contribution in [2.45, 2.75) is 39.9 Å². The molecule has 0 spiro atoms. The topological polar surface area (TPSA) is 40.8 Å². The van der Waals surface area contributed by atoms with Gasteiger partial charge in [-0.1, -0.05) is 191 Å². The average molecular weight is 1090 g/mol. The molecule has 1 aliphatic heterocycles. The van der Waals surface area contributed by atoms with E-state index in [-0.39, 0.29) is 39.8 Å². The van der Waals surface area contributed by atoms with Gasteiger partial charge >= 0.3 is 0 Å². The molecule has 1 aliphatic rings. The molecule has 0 saturated heterocycles. The molecule has 15 aromatic rings. The van der Waals surface area contributed by atoms with Crippen molar-refractivity contribution in [3.05, 3.63) is 278 Å². The van der Waals surface area contributed by atoms with Gasteiger partial charge in [0, 0.05) is 42.0 Å². The molecule has 0 atom stereocenters. The number of imidazole rings is 1. The highest BCUT2D eigenvalue weighted by Crippen LogP contribution is 2.50. The van der Waals surface area contributed by atoms with Gasteiger partial charge in [-0.25, -0.2) is 4.98 Å². The Morgan fingerprint density at radius 2 is 1.10 bits per heavy atom. The number of hydrogen-bond donors (Lipinski definition) is 0. The second-order valence-corrected chi connectivity index (χ2v) is 22.5. The normalized spacial score (nSPS) is 14.3. The summed E-state index contributed by atoms with van der Waals surface area (Å²) in [5.41, 5.74) is 11.9. The SMILES string of the molecule is [2H]c1c([2H])c([2H])c(-c2cccc3c2-c2ccccc2-c2cc(-c4c(C([2H])([2H])[2H])cccc4C([2H])([2H])[2H])cc4c2[n+]([c-]n4-c2cccc(Oc4ccc5c6ccccc6n(-c6cc(C(C)(C)C)ccn6)c5c4)c2)-c2c-3cccc2-n2c3ccccc3c3ccccc32)c([2H])c1[2H]. The Hall–Kier alpha value is -10.6. The lowest BCUT2D eigenvalue weighted by Gasteiger charge is -2.21. The first-order valence-electron chi connectivity index (χ1n) is 33.5. The lowest BCUT2D eigenvalue weighted by Crippen LogP contribution is -2.32. The van der Waals surface area contributed by atoms with Crippen molar-refractivity contribution >= 4 is 54.6 Å². The smallest absolute Gasteiger partial charge is 0.269 e. The molecule has 0 aliphatic carbocycles. The van der Waals surface area contributed by atoms with Crippen LogP contribution in [0.4, 0.5) is 0 Å². The maximum absolute atomic E-state index is 9.49. The molecule has 6 nitrogen and oxygen atoms in total. The molecule has 84 heavy (non-hydrogen) atoms. The van der Waals surface area contributed by atoms with Gasteiger partial charge in [-0.05, 0) is 164 Å². The van der Waals surface area contributed by atoms with Crippen LogP contribution in [0.1, 0.15) is 52.5 Å². The molecule has 6 heteroatoms. The summed E-state index contributed by atoms with van der Waals surface area (Å²) < 4.78 is 115. The molecule has 0 saturated carbocycles. The molecule has 11 aromatic carbocycles. The summed E-state index contributed by atoms with van der Waals surface area (Å²) in [5.74, 6) is 1.83. The standard InChI is InChI=1S/C78H57N5O/c1-49-21-17-22-50(2)74(49)52-43-66-58-27-9-10-31-63(58)75-57(51-23-7-6-8-24-51)32-19-33-64(75)65-34-20-38-70(82-67-35-14-11-28-59(67)60-29-12-15-36-68(60)82)76(65)81-48-80(72(44-52)77(66)81)54-25-18-26-55(46-54)84-56-39-40-62-61-30-13-16-37-69(61)83(71(62)47-56)73-45-53(41-42-79-73)78(3,4)5/h6-47H,1-5H3/i1D3,2D3,6D,7D,8D,23D,24D. The fourth-order valence-electron chi connectivity index (χ4n) is 12.8. The van der Waals surface area contributed by atoms with Gasteiger partial charge in [-0.15, -0.1) is 0 Å². The van der Waals surface area contributed by atoms with Crippen LogP contribution in [0.3, 0.4) is 0 Å². The summed E-state index contributed by atoms with van der Waals surface area (Å²) in [6.45, 7) is 1.01. The van der Waals surface area contributed by atoms with Gasteiger partial charge in [0.15, 0.2) is 0 Å². The summed E-state index contributed by atoms with van der Waals surface area (Å²) in [4.78, 5) is 4.91. The first-order chi connectivity index (χ1) is 45.6. The Labute approximate surface area is 503 Å². The van der Waals surface area contributed by atoms with Crippen LogP contribution in [-0.4, -0.2) is 18.7 Å². The van der Waals surface area contributed by atoms with Gasteiger partial charge < -0.3 is 9.30 Å². The van der Waals surface area contributed by atoms with E-state index in [0.717, 1.165) is 60.7 Å². The van der Waals surface area contributed by atoms with Gasteiger partial charge in [0.25, 0.3) is 6.33 Å². The maximum Gasteiger partial charge on any atom is 0.269 e. The molecule has 0 radical (unpaired) electrons. The molecule has 0 fully saturated rings. The number of benzene rings is 11. The van der Waals surface area contributed by atoms with Crippen molar-refractivity contribution in [3.63, 3.8) is 0 Å². The zero-order chi connectivity index (χ0) is 65.7. The molecule has 4 aromatic heterocycles. The van der Waals surface area contributed by atoms with E-state index in [1.165, 1.54) is 18.2 Å². The number of rotatable bonds is 7. The number of fused-ring (bicyclic) bond motifs is 13. The second kappa shape index (κ2) is 19.0. The van der Waals surface area contributed by atoms with Crippen LogP contribution in [0.15, 0.2) is 255 Å². The summed E-state index contributed by atoms with van der Waals surface area (Å²) in [6, 6.07) is 67.9. The summed E-state index contributed by atoms with van der Waals surface area (Å²) in [7, 11) is 0. The average Bonchev–Trinajstić information content (AvgIpc) is 1.58. The molecule has 0 N–H and O–H groups in total. The Bertz CT molecular complexity index is 5640. The first-order valence-corrected chi connectivity index (χ1v) is 28.0. The van der Waals surface area contributed by atoms with Gasteiger partial charge in [0.1, 0.15) is 17.3 Å². The van der Waals surface area contributed by atoms with Crippen LogP contribution in [0.5, 0.6) is 11.5 Å². The van der Waals surface area contributed by atoms with Crippen LogP contribution in [0.25, 0.3) is 133 Å². The zero-order valence-electron chi connectivity index (χ0n) is 57.0. The van der Waals surface area contributed by atoms with Gasteiger partial charge in [0.05, 0.1) is 57.0 Å². The Kier molecular flexibility index (Phi) is 8.82. The first kappa shape index (κ1) is 39.0. The number of aromatic nitrogens is 5. The third-order valence-corrected chi connectivity index (χ3v) is 16.6. The van der Waals surface area contributed by atoms with E-state index in [9.17, 15) is 2.74 Å². The molecule has 400 valence electrons. The fraction of sp³-hybridized carbons (Fsp3) is 0.0769. The summed E-state index contributed by atoms with van der Waals surface area (Å²) in [5, 5.41) is 4.13. The number of nitrogens with zero attached hydrogens (tertiary/aromatic N) is 5. The lowest BCUT2D eigenvalue weighted by molar-refractivity contribution is -0.571. The Morgan fingerprint density at radius 1 is 0.476 bits per heavy atom. The van der Waals surface area contributed by atoms with Crippen molar-refractivity contribution in [3.8, 4) is 90.0 Å². The van der Waals surface area contributed by atoms with Crippen molar-refractivity contribution < 1.29 is 24.4 Å². The molecule has 16 rings (SSSR count). The summed E-state index contributed by atoms with van der Waals surface area (Å²) >= 11 is 0. The van der Waals surface area contributed by atoms with E-state index in [2.05, 4.69) is 96.9 Å². The van der Waals surface area contributed by atoms with E-state index in [1.54, 1.807) is 6.07 Å². The van der Waals surface area contributed by atoms with Crippen LogP contribution in [0.2, 0.25) is 0 Å². The molecule has 0 bridgehead atoms. The minimum atomic E-state index is -2.77. The monoisotopic (exact) mass is 1090 g/mol. The highest BCUT2D eigenvalue weighted by atomic mass is 16.5. The third-order valence-electron chi connectivity index (χ3n) is 16.6. The molecular weight excluding hydrogens is 1020 g/mol. The molecular formula is C78H57N5O. The minimum absolute atomic E-state index is 0.00569. The second-order valence-electron chi connectivity index (χ2n) is 22.5. The number of aryl methyl sites for hydroxylation is 2. The van der Waals surface area contributed by atoms with Crippen LogP contribution in [-0.2, 0) is 5.41 Å². The van der Waals surface area contributed by atoms with Crippen molar-refractivity contribution in [1.29, 1.82) is 0 Å². The predicted octanol–water partition coefficient (Wildman–Crippen LogP) is 19.7. The third kappa shape index (κ3) is 7.71. The van der Waals surface area contributed by atoms with E-state index in [4.69, 9.17) is 22.1 Å². The predicted molar refractivity (Wildman–Crippen MR) is 346 cm³/mol. The zero-order valence-corrected chi connectivity index (χ0v) is 46.0. The highest BCUT2D eigenvalue weighted by molar-refractivity contribution is 6.12. The van der Waals surface area contributed by atoms with Crippen LogP contribution < -0.4 is 9.30 Å². The van der Waals surface area contributed by atoms with Crippen LogP contribution >= 0.6 is 0 Å². The minimum Gasteiger partial charge on any atom is -0.458 e. The van der Waals surface area contributed by atoms with E-state index < -0.39 is 31.8 Å². The number of pyridine rings is 1. The molecule has 5 heterocycles. The number of hydrogen-bond acceptors (Lipinski definition) is 2. The number of para-hydroxylation sites is 4. The largest absolute Gasteiger partial charge is 0.458 e. The van der Waals surface area contributed by atoms with Gasteiger partial charge in [-0.3, -0.25) is 13.7 Å². The Morgan fingerprint density at radius 3 is 1.83 bits per heavy atom. The van der Waals surface area contributed by atoms with Crippen LogP contribution in [0, 0.1) is 20.0 Å². The number of ether oxygens (including phenoxy) is 1. The fourth-order valence-corrected chi connectivity index (χ4v) is 12.8. The molecule has 0 unspecified atom stereocenters. The van der Waals surface area contributed by atoms with Gasteiger partial charge in [0.2, 0.25) is 0 Å².